The molecule has 0 spiro atoms. The van der Waals surface area contributed by atoms with Crippen molar-refractivity contribution in [2.24, 2.45) is 5.73 Å². The molecule has 3 heteroatoms. The summed E-state index contributed by atoms with van der Waals surface area (Å²) in [6.07, 6.45) is 1.95. The molecule has 1 aromatic rings. The van der Waals surface area contributed by atoms with Crippen LogP contribution in [0.25, 0.3) is 0 Å². The first-order chi connectivity index (χ1) is 7.63. The molecule has 0 aliphatic rings. The second kappa shape index (κ2) is 6.61. The van der Waals surface area contributed by atoms with E-state index in [0.717, 1.165) is 24.9 Å². The Morgan fingerprint density at radius 1 is 1.38 bits per heavy atom. The van der Waals surface area contributed by atoms with Crippen LogP contribution in [-0.2, 0) is 6.54 Å². The van der Waals surface area contributed by atoms with Crippen molar-refractivity contribution in [3.05, 3.63) is 35.6 Å². The van der Waals surface area contributed by atoms with Crippen LogP contribution in [0.4, 0.5) is 4.39 Å². The van der Waals surface area contributed by atoms with E-state index in [1.807, 2.05) is 19.2 Å². The van der Waals surface area contributed by atoms with Crippen molar-refractivity contribution in [3.63, 3.8) is 0 Å². The van der Waals surface area contributed by atoms with Crippen LogP contribution in [0.3, 0.4) is 0 Å². The van der Waals surface area contributed by atoms with Gasteiger partial charge < -0.3 is 10.6 Å². The maximum Gasteiger partial charge on any atom is 0.127 e. The standard InChI is InChI=1S/C13H21FN2/c1-3-12(15)8-9-16(2)10-11-6-4-5-7-13(11)14/h4-7,12H,3,8-10,15H2,1-2H3. The second-order valence-electron chi connectivity index (χ2n) is 4.29. The molecule has 16 heavy (non-hydrogen) atoms. The van der Waals surface area contributed by atoms with E-state index in [0.29, 0.717) is 6.54 Å². The zero-order chi connectivity index (χ0) is 12.0. The van der Waals surface area contributed by atoms with Crippen molar-refractivity contribution < 1.29 is 4.39 Å². The molecule has 0 bridgehead atoms. The van der Waals surface area contributed by atoms with Crippen molar-refractivity contribution in [3.8, 4) is 0 Å². The van der Waals surface area contributed by atoms with E-state index in [1.165, 1.54) is 6.07 Å². The summed E-state index contributed by atoms with van der Waals surface area (Å²) in [6, 6.07) is 7.16. The van der Waals surface area contributed by atoms with Gasteiger partial charge >= 0.3 is 0 Å². The Morgan fingerprint density at radius 2 is 2.06 bits per heavy atom. The topological polar surface area (TPSA) is 29.3 Å². The molecule has 0 aliphatic carbocycles. The summed E-state index contributed by atoms with van der Waals surface area (Å²) in [4.78, 5) is 2.11. The van der Waals surface area contributed by atoms with Gasteiger partial charge in [-0.25, -0.2) is 4.39 Å². The largest absolute Gasteiger partial charge is 0.328 e. The fourth-order valence-corrected chi connectivity index (χ4v) is 1.59. The van der Waals surface area contributed by atoms with Crippen molar-refractivity contribution >= 4 is 0 Å². The quantitative estimate of drug-likeness (QED) is 0.804. The van der Waals surface area contributed by atoms with Gasteiger partial charge in [-0.15, -0.1) is 0 Å². The summed E-state index contributed by atoms with van der Waals surface area (Å²) in [5.41, 5.74) is 6.59. The van der Waals surface area contributed by atoms with Crippen LogP contribution < -0.4 is 5.73 Å². The molecule has 0 aliphatic heterocycles. The lowest BCUT2D eigenvalue weighted by atomic mass is 10.1. The number of hydrogen-bond donors (Lipinski definition) is 1. The molecule has 0 heterocycles. The molecule has 1 aromatic carbocycles. The molecule has 1 unspecified atom stereocenters. The van der Waals surface area contributed by atoms with Crippen LogP contribution in [0, 0.1) is 5.82 Å². The second-order valence-corrected chi connectivity index (χ2v) is 4.29. The fraction of sp³-hybridized carbons (Fsp3) is 0.538. The van der Waals surface area contributed by atoms with Crippen molar-refractivity contribution in [2.45, 2.75) is 32.4 Å². The Balaban J connectivity index is 2.40. The van der Waals surface area contributed by atoms with Crippen molar-refractivity contribution in [1.29, 1.82) is 0 Å². The zero-order valence-electron chi connectivity index (χ0n) is 10.1. The minimum absolute atomic E-state index is 0.130. The lowest BCUT2D eigenvalue weighted by Gasteiger charge is -2.19. The predicted octanol–water partition coefficient (Wildman–Crippen LogP) is 2.38. The van der Waals surface area contributed by atoms with Crippen LogP contribution in [0.5, 0.6) is 0 Å². The molecule has 0 saturated carbocycles. The summed E-state index contributed by atoms with van der Waals surface area (Å²) < 4.78 is 13.4. The lowest BCUT2D eigenvalue weighted by Crippen LogP contribution is -2.27. The van der Waals surface area contributed by atoms with Gasteiger partial charge in [0.2, 0.25) is 0 Å². The van der Waals surface area contributed by atoms with Gasteiger partial charge in [0.25, 0.3) is 0 Å². The predicted molar refractivity (Wildman–Crippen MR) is 65.6 cm³/mol. The average Bonchev–Trinajstić information content (AvgIpc) is 2.29. The Kier molecular flexibility index (Phi) is 5.43. The average molecular weight is 224 g/mol. The Bertz CT molecular complexity index is 315. The Labute approximate surface area is 97.3 Å². The molecule has 0 saturated heterocycles. The van der Waals surface area contributed by atoms with Gasteiger partial charge in [-0.2, -0.15) is 0 Å². The first kappa shape index (κ1) is 13.1. The normalized spacial score (nSPS) is 13.1. The van der Waals surface area contributed by atoms with Crippen molar-refractivity contribution in [2.75, 3.05) is 13.6 Å². The van der Waals surface area contributed by atoms with Gasteiger partial charge in [0.1, 0.15) is 5.82 Å². The molecule has 0 amide bonds. The summed E-state index contributed by atoms with van der Waals surface area (Å²) in [6.45, 7) is 3.63. The monoisotopic (exact) mass is 224 g/mol. The number of benzene rings is 1. The molecular weight excluding hydrogens is 203 g/mol. The SMILES string of the molecule is CCC(N)CCN(C)Cc1ccccc1F. The van der Waals surface area contributed by atoms with Gasteiger partial charge in [-0.3, -0.25) is 0 Å². The van der Waals surface area contributed by atoms with E-state index in [4.69, 9.17) is 5.73 Å². The van der Waals surface area contributed by atoms with E-state index in [9.17, 15) is 4.39 Å². The number of halogens is 1. The number of rotatable bonds is 6. The summed E-state index contributed by atoms with van der Waals surface area (Å²) in [5.74, 6) is -0.130. The van der Waals surface area contributed by atoms with E-state index in [-0.39, 0.29) is 11.9 Å². The molecule has 1 atom stereocenters. The van der Waals surface area contributed by atoms with Crippen LogP contribution in [0.1, 0.15) is 25.3 Å². The minimum atomic E-state index is -0.130. The van der Waals surface area contributed by atoms with E-state index in [1.54, 1.807) is 6.07 Å². The zero-order valence-corrected chi connectivity index (χ0v) is 10.1. The maximum absolute atomic E-state index is 13.4. The van der Waals surface area contributed by atoms with Gasteiger partial charge in [0.15, 0.2) is 0 Å². The van der Waals surface area contributed by atoms with Crippen LogP contribution in [0.15, 0.2) is 24.3 Å². The van der Waals surface area contributed by atoms with Crippen molar-refractivity contribution in [1.82, 2.24) is 4.90 Å². The highest BCUT2D eigenvalue weighted by Crippen LogP contribution is 2.09. The summed E-state index contributed by atoms with van der Waals surface area (Å²) >= 11 is 0. The molecule has 2 N–H and O–H groups in total. The van der Waals surface area contributed by atoms with Gasteiger partial charge in [-0.05, 0) is 32.5 Å². The number of hydrogen-bond acceptors (Lipinski definition) is 2. The lowest BCUT2D eigenvalue weighted by molar-refractivity contribution is 0.304. The number of nitrogens with two attached hydrogens (primary N) is 1. The minimum Gasteiger partial charge on any atom is -0.328 e. The molecule has 2 nitrogen and oxygen atoms in total. The molecule has 0 radical (unpaired) electrons. The molecule has 0 aromatic heterocycles. The first-order valence-electron chi connectivity index (χ1n) is 5.81. The molecule has 0 fully saturated rings. The summed E-state index contributed by atoms with van der Waals surface area (Å²) in [7, 11) is 1.99. The smallest absolute Gasteiger partial charge is 0.127 e. The Hall–Kier alpha value is -0.930. The van der Waals surface area contributed by atoms with E-state index < -0.39 is 0 Å². The van der Waals surface area contributed by atoms with E-state index >= 15 is 0 Å². The molecule has 90 valence electrons. The number of nitrogens with zero attached hydrogens (tertiary/aromatic N) is 1. The fourth-order valence-electron chi connectivity index (χ4n) is 1.59. The highest BCUT2D eigenvalue weighted by atomic mass is 19.1. The van der Waals surface area contributed by atoms with Gasteiger partial charge in [0, 0.05) is 18.2 Å². The van der Waals surface area contributed by atoms with Crippen LogP contribution in [0.2, 0.25) is 0 Å². The van der Waals surface area contributed by atoms with E-state index in [2.05, 4.69) is 11.8 Å². The highest BCUT2D eigenvalue weighted by Gasteiger charge is 2.06. The summed E-state index contributed by atoms with van der Waals surface area (Å²) in [5, 5.41) is 0. The third-order valence-corrected chi connectivity index (χ3v) is 2.80. The molecule has 1 rings (SSSR count). The molecular formula is C13H21FN2. The van der Waals surface area contributed by atoms with Crippen LogP contribution >= 0.6 is 0 Å². The highest BCUT2D eigenvalue weighted by molar-refractivity contribution is 5.16. The third kappa shape index (κ3) is 4.29. The Morgan fingerprint density at radius 3 is 2.69 bits per heavy atom. The van der Waals surface area contributed by atoms with Gasteiger partial charge in [0.05, 0.1) is 0 Å². The third-order valence-electron chi connectivity index (χ3n) is 2.80. The maximum atomic E-state index is 13.4. The van der Waals surface area contributed by atoms with Crippen LogP contribution in [-0.4, -0.2) is 24.5 Å². The van der Waals surface area contributed by atoms with Gasteiger partial charge in [-0.1, -0.05) is 25.1 Å². The first-order valence-corrected chi connectivity index (χ1v) is 5.81.